The maximum Gasteiger partial charge on any atom is 0.336 e. The first-order valence-corrected chi connectivity index (χ1v) is 6.86. The molecule has 7 heteroatoms. The molecule has 0 heterocycles. The number of carboxylic acid groups (broad SMARTS) is 2. The molecule has 0 aliphatic carbocycles. The number of carboxylic acids is 2. The summed E-state index contributed by atoms with van der Waals surface area (Å²) >= 11 is 0.942. The van der Waals surface area contributed by atoms with E-state index in [4.69, 9.17) is 9.84 Å². The number of aromatic carboxylic acids is 2. The Kier molecular flexibility index (Phi) is 4.67. The summed E-state index contributed by atoms with van der Waals surface area (Å²) in [5.74, 6) is -2.75. The Morgan fingerprint density at radius 3 is 2.09 bits per heavy atom. The van der Waals surface area contributed by atoms with Crippen molar-refractivity contribution < 1.29 is 28.9 Å². The van der Waals surface area contributed by atoms with Crippen LogP contribution in [0.15, 0.2) is 46.2 Å². The molecule has 0 aliphatic heterocycles. The molecular formula is C15H11FO5S. The van der Waals surface area contributed by atoms with Crippen molar-refractivity contribution in [2.75, 3.05) is 7.11 Å². The molecule has 0 bridgehead atoms. The molecule has 0 atom stereocenters. The van der Waals surface area contributed by atoms with E-state index in [1.165, 1.54) is 25.3 Å². The third-order valence-electron chi connectivity index (χ3n) is 2.81. The third-order valence-corrected chi connectivity index (χ3v) is 3.96. The molecule has 0 amide bonds. The monoisotopic (exact) mass is 322 g/mol. The van der Waals surface area contributed by atoms with Crippen LogP contribution in [0, 0.1) is 5.82 Å². The fourth-order valence-corrected chi connectivity index (χ4v) is 2.79. The van der Waals surface area contributed by atoms with E-state index in [1.54, 1.807) is 6.07 Å². The highest BCUT2D eigenvalue weighted by Crippen LogP contribution is 2.35. The lowest BCUT2D eigenvalue weighted by Crippen LogP contribution is -2.02. The number of benzene rings is 2. The summed E-state index contributed by atoms with van der Waals surface area (Å²) in [6, 6.07) is 7.75. The van der Waals surface area contributed by atoms with E-state index in [1.807, 2.05) is 0 Å². The first kappa shape index (κ1) is 15.8. The molecular weight excluding hydrogens is 311 g/mol. The Hall–Kier alpha value is -2.54. The summed E-state index contributed by atoms with van der Waals surface area (Å²) in [6.07, 6.45) is 0. The van der Waals surface area contributed by atoms with Gasteiger partial charge in [-0.15, -0.1) is 0 Å². The van der Waals surface area contributed by atoms with Gasteiger partial charge in [0.15, 0.2) is 0 Å². The summed E-state index contributed by atoms with van der Waals surface area (Å²) in [5, 5.41) is 18.4. The zero-order valence-electron chi connectivity index (χ0n) is 11.4. The van der Waals surface area contributed by atoms with E-state index in [0.29, 0.717) is 10.6 Å². The van der Waals surface area contributed by atoms with Crippen LogP contribution in [0.2, 0.25) is 0 Å². The minimum Gasteiger partial charge on any atom is -0.497 e. The van der Waals surface area contributed by atoms with Gasteiger partial charge in [-0.1, -0.05) is 11.8 Å². The first-order valence-electron chi connectivity index (χ1n) is 6.04. The molecule has 0 unspecified atom stereocenters. The molecule has 0 aromatic heterocycles. The van der Waals surface area contributed by atoms with Crippen molar-refractivity contribution in [1.82, 2.24) is 0 Å². The molecule has 0 aliphatic rings. The maximum atomic E-state index is 13.2. The number of ether oxygens (including phenoxy) is 1. The van der Waals surface area contributed by atoms with E-state index in [0.717, 1.165) is 23.9 Å². The zero-order valence-corrected chi connectivity index (χ0v) is 12.2. The van der Waals surface area contributed by atoms with Crippen molar-refractivity contribution in [1.29, 1.82) is 0 Å². The number of hydrogen-bond donors (Lipinski definition) is 2. The third kappa shape index (κ3) is 3.37. The second-order valence-corrected chi connectivity index (χ2v) is 5.30. The van der Waals surface area contributed by atoms with Gasteiger partial charge in [-0.25, -0.2) is 14.0 Å². The molecule has 22 heavy (non-hydrogen) atoms. The molecule has 114 valence electrons. The highest BCUT2D eigenvalue weighted by Gasteiger charge is 2.17. The van der Waals surface area contributed by atoms with Crippen molar-refractivity contribution in [3.8, 4) is 5.75 Å². The quantitative estimate of drug-likeness (QED) is 0.878. The Balaban J connectivity index is 2.47. The van der Waals surface area contributed by atoms with Crippen LogP contribution in [0.3, 0.4) is 0 Å². The van der Waals surface area contributed by atoms with Crippen molar-refractivity contribution in [2.45, 2.75) is 9.79 Å². The number of rotatable bonds is 5. The standard InChI is InChI=1S/C15H11FO5S/c1-21-9-3-5-13(11(7-9)15(19)20)22-12-4-2-8(16)6-10(12)14(17)18/h2-7H,1H3,(H,17,18)(H,19,20). The van der Waals surface area contributed by atoms with Crippen LogP contribution in [0.25, 0.3) is 0 Å². The maximum absolute atomic E-state index is 13.2. The smallest absolute Gasteiger partial charge is 0.336 e. The molecule has 0 fully saturated rings. The molecule has 2 N–H and O–H groups in total. The zero-order chi connectivity index (χ0) is 16.3. The molecule has 0 saturated heterocycles. The van der Waals surface area contributed by atoms with Crippen LogP contribution in [-0.2, 0) is 0 Å². The molecule has 2 aromatic rings. The highest BCUT2D eigenvalue weighted by molar-refractivity contribution is 7.99. The van der Waals surface area contributed by atoms with Gasteiger partial charge in [-0.3, -0.25) is 0 Å². The molecule has 5 nitrogen and oxygen atoms in total. The van der Waals surface area contributed by atoms with Crippen molar-refractivity contribution in [3.05, 3.63) is 53.3 Å². The predicted octanol–water partition coefficient (Wildman–Crippen LogP) is 3.38. The van der Waals surface area contributed by atoms with Gasteiger partial charge in [0.2, 0.25) is 0 Å². The van der Waals surface area contributed by atoms with Crippen LogP contribution >= 0.6 is 11.8 Å². The summed E-state index contributed by atoms with van der Waals surface area (Å²) in [6.45, 7) is 0. The largest absolute Gasteiger partial charge is 0.497 e. The first-order chi connectivity index (χ1) is 10.4. The average molecular weight is 322 g/mol. The fourth-order valence-electron chi connectivity index (χ4n) is 1.77. The Bertz CT molecular complexity index is 745. The lowest BCUT2D eigenvalue weighted by atomic mass is 10.2. The Morgan fingerprint density at radius 1 is 1.00 bits per heavy atom. The van der Waals surface area contributed by atoms with Crippen molar-refractivity contribution in [3.63, 3.8) is 0 Å². The fraction of sp³-hybridized carbons (Fsp3) is 0.0667. The van der Waals surface area contributed by atoms with Crippen LogP contribution in [0.4, 0.5) is 4.39 Å². The second kappa shape index (κ2) is 6.48. The van der Waals surface area contributed by atoms with Gasteiger partial charge in [-0.05, 0) is 36.4 Å². The predicted molar refractivity (Wildman–Crippen MR) is 77.4 cm³/mol. The number of methoxy groups -OCH3 is 1. The van der Waals surface area contributed by atoms with E-state index in [2.05, 4.69) is 0 Å². The summed E-state index contributed by atoms with van der Waals surface area (Å²) in [5.41, 5.74) is -0.248. The van der Waals surface area contributed by atoms with Crippen molar-refractivity contribution in [2.24, 2.45) is 0 Å². The lowest BCUT2D eigenvalue weighted by Gasteiger charge is -2.10. The molecule has 2 aromatic carbocycles. The lowest BCUT2D eigenvalue weighted by molar-refractivity contribution is 0.0683. The SMILES string of the molecule is COc1ccc(Sc2ccc(F)cc2C(=O)O)c(C(=O)O)c1. The van der Waals surface area contributed by atoms with Gasteiger partial charge in [-0.2, -0.15) is 0 Å². The summed E-state index contributed by atoms with van der Waals surface area (Å²) in [7, 11) is 1.41. The van der Waals surface area contributed by atoms with Gasteiger partial charge >= 0.3 is 11.9 Å². The Morgan fingerprint density at radius 2 is 1.55 bits per heavy atom. The van der Waals surface area contributed by atoms with Gasteiger partial charge in [0, 0.05) is 9.79 Å². The minimum absolute atomic E-state index is 0.0231. The molecule has 0 radical (unpaired) electrons. The van der Waals surface area contributed by atoms with E-state index >= 15 is 0 Å². The molecule has 2 rings (SSSR count). The Labute approximate surface area is 129 Å². The van der Waals surface area contributed by atoms with E-state index in [9.17, 15) is 19.1 Å². The van der Waals surface area contributed by atoms with Gasteiger partial charge in [0.05, 0.1) is 18.2 Å². The molecule has 0 saturated carbocycles. The summed E-state index contributed by atoms with van der Waals surface area (Å²) < 4.78 is 18.1. The number of carbonyl (C=O) groups is 2. The van der Waals surface area contributed by atoms with Crippen LogP contribution in [-0.4, -0.2) is 29.3 Å². The van der Waals surface area contributed by atoms with Crippen molar-refractivity contribution >= 4 is 23.7 Å². The molecule has 0 spiro atoms. The van der Waals surface area contributed by atoms with E-state index in [-0.39, 0.29) is 16.0 Å². The topological polar surface area (TPSA) is 83.8 Å². The normalized spacial score (nSPS) is 10.3. The summed E-state index contributed by atoms with van der Waals surface area (Å²) in [4.78, 5) is 23.1. The highest BCUT2D eigenvalue weighted by atomic mass is 32.2. The van der Waals surface area contributed by atoms with E-state index < -0.39 is 17.8 Å². The number of halogens is 1. The second-order valence-electron chi connectivity index (χ2n) is 4.21. The van der Waals surface area contributed by atoms with Crippen LogP contribution < -0.4 is 4.74 Å². The minimum atomic E-state index is -1.28. The van der Waals surface area contributed by atoms with Gasteiger partial charge in [0.1, 0.15) is 11.6 Å². The average Bonchev–Trinajstić information content (AvgIpc) is 2.49. The van der Waals surface area contributed by atoms with Crippen LogP contribution in [0.5, 0.6) is 5.75 Å². The number of hydrogen-bond acceptors (Lipinski definition) is 4. The van der Waals surface area contributed by atoms with Gasteiger partial charge < -0.3 is 14.9 Å². The van der Waals surface area contributed by atoms with Crippen LogP contribution in [0.1, 0.15) is 20.7 Å². The van der Waals surface area contributed by atoms with Gasteiger partial charge in [0.25, 0.3) is 0 Å².